The Hall–Kier alpha value is -1.45. The van der Waals surface area contributed by atoms with Gasteiger partial charge in [0.1, 0.15) is 5.78 Å². The van der Waals surface area contributed by atoms with E-state index in [-0.39, 0.29) is 23.0 Å². The summed E-state index contributed by atoms with van der Waals surface area (Å²) in [5.41, 5.74) is -0.719. The van der Waals surface area contributed by atoms with Crippen molar-refractivity contribution in [1.82, 2.24) is 4.90 Å². The molecule has 0 aromatic carbocycles. The number of amides is 2. The first kappa shape index (κ1) is 15.6. The van der Waals surface area contributed by atoms with Crippen molar-refractivity contribution in [3.8, 4) is 0 Å². The van der Waals surface area contributed by atoms with E-state index in [1.54, 1.807) is 0 Å². The van der Waals surface area contributed by atoms with Gasteiger partial charge in [0.05, 0.1) is 0 Å². The van der Waals surface area contributed by atoms with Gasteiger partial charge in [0.2, 0.25) is 0 Å². The van der Waals surface area contributed by atoms with E-state index in [2.05, 4.69) is 0 Å². The summed E-state index contributed by atoms with van der Waals surface area (Å²) in [5.74, 6) is -0.326. The number of rotatable bonds is 6. The van der Waals surface area contributed by atoms with Crippen LogP contribution in [-0.4, -0.2) is 29.0 Å². The fourth-order valence-electron chi connectivity index (χ4n) is 2.84. The number of nitrogens with zero attached hydrogens (tertiary/aromatic N) is 1. The first-order valence-corrected chi connectivity index (χ1v) is 6.66. The monoisotopic (exact) mass is 265 g/mol. The molecule has 0 bridgehead atoms. The third-order valence-corrected chi connectivity index (χ3v) is 3.48. The lowest BCUT2D eigenvalue weighted by Gasteiger charge is -2.36. The number of hydrogen-bond donors (Lipinski definition) is 0. The molecule has 1 aliphatic rings. The molecule has 4 nitrogen and oxygen atoms in total. The molecule has 0 aromatic rings. The standard InChI is InChI=1S/C15H23NO3/c1-6-11(17)15(4,5)9-14(2,3)10-16-12(18)7-8-13(16)19/h7-8H,6,9-10H2,1-5H3. The van der Waals surface area contributed by atoms with Gasteiger partial charge in [-0.1, -0.05) is 34.6 Å². The van der Waals surface area contributed by atoms with E-state index in [4.69, 9.17) is 0 Å². The van der Waals surface area contributed by atoms with Gasteiger partial charge in [0.15, 0.2) is 0 Å². The van der Waals surface area contributed by atoms with Crippen LogP contribution in [0.3, 0.4) is 0 Å². The summed E-state index contributed by atoms with van der Waals surface area (Å²) < 4.78 is 0. The third-order valence-electron chi connectivity index (χ3n) is 3.48. The molecular weight excluding hydrogens is 242 g/mol. The highest BCUT2D eigenvalue weighted by Gasteiger charge is 2.37. The lowest BCUT2D eigenvalue weighted by atomic mass is 9.72. The van der Waals surface area contributed by atoms with E-state index in [0.29, 0.717) is 19.4 Å². The minimum absolute atomic E-state index is 0.206. The van der Waals surface area contributed by atoms with Crippen LogP contribution in [0, 0.1) is 10.8 Å². The second-order valence-electron chi connectivity index (χ2n) is 6.60. The highest BCUT2D eigenvalue weighted by Crippen LogP contribution is 2.36. The minimum atomic E-state index is -0.433. The smallest absolute Gasteiger partial charge is 0.253 e. The van der Waals surface area contributed by atoms with E-state index in [0.717, 1.165) is 0 Å². The molecule has 0 saturated carbocycles. The fraction of sp³-hybridized carbons (Fsp3) is 0.667. The molecule has 0 spiro atoms. The number of Topliss-reactive ketones (excluding diaryl/α,β-unsaturated/α-hetero) is 1. The molecule has 0 radical (unpaired) electrons. The summed E-state index contributed by atoms with van der Waals surface area (Å²) in [7, 11) is 0. The molecule has 4 heteroatoms. The summed E-state index contributed by atoms with van der Waals surface area (Å²) in [6.07, 6.45) is 3.73. The van der Waals surface area contributed by atoms with Gasteiger partial charge in [0.25, 0.3) is 11.8 Å². The van der Waals surface area contributed by atoms with Crippen molar-refractivity contribution in [1.29, 1.82) is 0 Å². The second kappa shape index (κ2) is 5.27. The lowest BCUT2D eigenvalue weighted by Crippen LogP contribution is -2.41. The summed E-state index contributed by atoms with van der Waals surface area (Å²) in [4.78, 5) is 36.3. The fourth-order valence-corrected chi connectivity index (χ4v) is 2.84. The zero-order valence-electron chi connectivity index (χ0n) is 12.4. The molecule has 106 valence electrons. The van der Waals surface area contributed by atoms with Crippen molar-refractivity contribution in [3.63, 3.8) is 0 Å². The molecule has 0 fully saturated rings. The van der Waals surface area contributed by atoms with Gasteiger partial charge in [-0.05, 0) is 11.8 Å². The molecule has 2 amide bonds. The third kappa shape index (κ3) is 3.75. The molecule has 1 heterocycles. The van der Waals surface area contributed by atoms with Gasteiger partial charge in [-0.3, -0.25) is 19.3 Å². The zero-order chi connectivity index (χ0) is 14.8. The Labute approximate surface area is 114 Å². The van der Waals surface area contributed by atoms with Gasteiger partial charge in [-0.2, -0.15) is 0 Å². The van der Waals surface area contributed by atoms with E-state index in [1.807, 2.05) is 34.6 Å². The topological polar surface area (TPSA) is 54.5 Å². The number of carbonyl (C=O) groups excluding carboxylic acids is 3. The van der Waals surface area contributed by atoms with Crippen LogP contribution in [0.25, 0.3) is 0 Å². The van der Waals surface area contributed by atoms with Crippen LogP contribution in [-0.2, 0) is 14.4 Å². The maximum absolute atomic E-state index is 11.9. The average molecular weight is 265 g/mol. The SMILES string of the molecule is CCC(=O)C(C)(C)CC(C)(C)CN1C(=O)C=CC1=O. The van der Waals surface area contributed by atoms with Gasteiger partial charge in [0, 0.05) is 30.5 Å². The zero-order valence-corrected chi connectivity index (χ0v) is 12.4. The van der Waals surface area contributed by atoms with Crippen LogP contribution in [0.4, 0.5) is 0 Å². The summed E-state index contributed by atoms with van der Waals surface area (Å²) in [6, 6.07) is 0. The van der Waals surface area contributed by atoms with Gasteiger partial charge >= 0.3 is 0 Å². The van der Waals surface area contributed by atoms with Crippen LogP contribution >= 0.6 is 0 Å². The van der Waals surface area contributed by atoms with E-state index < -0.39 is 5.41 Å². The Morgan fingerprint density at radius 3 is 2.00 bits per heavy atom. The van der Waals surface area contributed by atoms with Crippen LogP contribution < -0.4 is 0 Å². The van der Waals surface area contributed by atoms with Gasteiger partial charge in [-0.15, -0.1) is 0 Å². The van der Waals surface area contributed by atoms with Crippen molar-refractivity contribution in [2.24, 2.45) is 10.8 Å². The first-order chi connectivity index (χ1) is 8.59. The highest BCUT2D eigenvalue weighted by atomic mass is 16.2. The molecule has 19 heavy (non-hydrogen) atoms. The Bertz CT molecular complexity index is 415. The van der Waals surface area contributed by atoms with Crippen LogP contribution in [0.1, 0.15) is 47.5 Å². The molecule has 0 saturated heterocycles. The Morgan fingerprint density at radius 2 is 1.58 bits per heavy atom. The molecule has 0 aliphatic carbocycles. The summed E-state index contributed by atoms with van der Waals surface area (Å²) in [6.45, 7) is 10.0. The van der Waals surface area contributed by atoms with Crippen LogP contribution in [0.2, 0.25) is 0 Å². The number of carbonyl (C=O) groups is 3. The number of imide groups is 1. The van der Waals surface area contributed by atoms with Crippen molar-refractivity contribution in [2.45, 2.75) is 47.5 Å². The lowest BCUT2D eigenvalue weighted by molar-refractivity contribution is -0.138. The van der Waals surface area contributed by atoms with E-state index in [1.165, 1.54) is 17.1 Å². The molecular formula is C15H23NO3. The largest absolute Gasteiger partial charge is 0.299 e. The van der Waals surface area contributed by atoms with E-state index >= 15 is 0 Å². The molecule has 0 atom stereocenters. The van der Waals surface area contributed by atoms with Crippen molar-refractivity contribution in [3.05, 3.63) is 12.2 Å². The second-order valence-corrected chi connectivity index (χ2v) is 6.60. The molecule has 0 unspecified atom stereocenters. The van der Waals surface area contributed by atoms with Crippen LogP contribution in [0.15, 0.2) is 12.2 Å². The Kier molecular flexibility index (Phi) is 4.33. The van der Waals surface area contributed by atoms with Gasteiger partial charge < -0.3 is 0 Å². The number of ketones is 1. The highest BCUT2D eigenvalue weighted by molar-refractivity contribution is 6.12. The van der Waals surface area contributed by atoms with Crippen molar-refractivity contribution < 1.29 is 14.4 Å². The normalized spacial score (nSPS) is 16.4. The number of hydrogen-bond acceptors (Lipinski definition) is 3. The molecule has 1 rings (SSSR count). The summed E-state index contributed by atoms with van der Waals surface area (Å²) >= 11 is 0. The van der Waals surface area contributed by atoms with E-state index in [9.17, 15) is 14.4 Å². The quantitative estimate of drug-likeness (QED) is 0.693. The molecule has 0 N–H and O–H groups in total. The predicted molar refractivity (Wildman–Crippen MR) is 73.3 cm³/mol. The molecule has 0 aromatic heterocycles. The Morgan fingerprint density at radius 1 is 1.11 bits per heavy atom. The molecule has 1 aliphatic heterocycles. The minimum Gasteiger partial charge on any atom is -0.299 e. The average Bonchev–Trinajstić information content (AvgIpc) is 2.57. The predicted octanol–water partition coefficient (Wildman–Crippen LogP) is 2.33. The van der Waals surface area contributed by atoms with Crippen LogP contribution in [0.5, 0.6) is 0 Å². The maximum Gasteiger partial charge on any atom is 0.253 e. The first-order valence-electron chi connectivity index (χ1n) is 6.66. The maximum atomic E-state index is 11.9. The van der Waals surface area contributed by atoms with Crippen molar-refractivity contribution >= 4 is 17.6 Å². The Balaban J connectivity index is 2.74. The van der Waals surface area contributed by atoms with Crippen molar-refractivity contribution in [2.75, 3.05) is 6.54 Å². The summed E-state index contributed by atoms with van der Waals surface area (Å²) in [5, 5.41) is 0. The van der Waals surface area contributed by atoms with Gasteiger partial charge in [-0.25, -0.2) is 0 Å².